The van der Waals surface area contributed by atoms with Crippen LogP contribution >= 0.6 is 11.3 Å². The van der Waals surface area contributed by atoms with Gasteiger partial charge in [-0.05, 0) is 47.5 Å². The lowest BCUT2D eigenvalue weighted by Gasteiger charge is -2.22. The second kappa shape index (κ2) is 5.79. The first-order chi connectivity index (χ1) is 12.3. The number of hydrogen-bond acceptors (Lipinski definition) is 4. The number of nitrogens with zero attached hydrogens (tertiary/aromatic N) is 3. The molecule has 0 radical (unpaired) electrons. The lowest BCUT2D eigenvalue weighted by molar-refractivity contribution is 0.390. The standard InChI is InChI=1S/C20H18N4S/c1-13-12-24-17(11-22-13)19(15-4-7-21-8-5-15)20(23-24)16-3-2-14-6-9-25-18(14)10-16/h2-10,13,22H,11-12H2,1H3/t13-/m1/s1. The maximum absolute atomic E-state index is 5.00. The Hall–Kier alpha value is -2.50. The van der Waals surface area contributed by atoms with E-state index in [0.717, 1.165) is 18.8 Å². The van der Waals surface area contributed by atoms with Crippen molar-refractivity contribution >= 4 is 21.4 Å². The minimum atomic E-state index is 0.435. The molecule has 0 amide bonds. The van der Waals surface area contributed by atoms with Crippen molar-refractivity contribution in [2.75, 3.05) is 0 Å². The minimum absolute atomic E-state index is 0.435. The number of hydrogen-bond donors (Lipinski definition) is 1. The molecule has 0 unspecified atom stereocenters. The fraction of sp³-hybridized carbons (Fsp3) is 0.200. The lowest BCUT2D eigenvalue weighted by atomic mass is 9.98. The van der Waals surface area contributed by atoms with E-state index in [4.69, 9.17) is 5.10 Å². The Morgan fingerprint density at radius 2 is 2.00 bits per heavy atom. The van der Waals surface area contributed by atoms with Gasteiger partial charge in [0.05, 0.1) is 12.2 Å². The SMILES string of the molecule is C[C@@H]1Cn2nc(-c3ccc4ccsc4c3)c(-c3ccncc3)c2CN1. The van der Waals surface area contributed by atoms with E-state index in [1.807, 2.05) is 12.4 Å². The van der Waals surface area contributed by atoms with Crippen LogP contribution in [0.15, 0.2) is 54.2 Å². The molecular formula is C20H18N4S. The van der Waals surface area contributed by atoms with E-state index in [2.05, 4.69) is 63.7 Å². The number of fused-ring (bicyclic) bond motifs is 2. The molecule has 4 heterocycles. The first kappa shape index (κ1) is 14.8. The van der Waals surface area contributed by atoms with Crippen LogP contribution in [0, 0.1) is 0 Å². The molecule has 5 rings (SSSR count). The number of aromatic nitrogens is 3. The zero-order valence-electron chi connectivity index (χ0n) is 13.9. The minimum Gasteiger partial charge on any atom is -0.307 e. The summed E-state index contributed by atoms with van der Waals surface area (Å²) in [6, 6.07) is 13.4. The van der Waals surface area contributed by atoms with Crippen molar-refractivity contribution in [3.8, 4) is 22.4 Å². The van der Waals surface area contributed by atoms with Crippen molar-refractivity contribution in [2.24, 2.45) is 0 Å². The maximum Gasteiger partial charge on any atom is 0.101 e. The molecule has 0 fully saturated rings. The zero-order chi connectivity index (χ0) is 16.8. The molecule has 25 heavy (non-hydrogen) atoms. The summed E-state index contributed by atoms with van der Waals surface area (Å²) in [4.78, 5) is 4.17. The summed E-state index contributed by atoms with van der Waals surface area (Å²) in [6.45, 7) is 3.94. The molecule has 4 nitrogen and oxygen atoms in total. The average Bonchev–Trinajstić information content (AvgIpc) is 3.25. The van der Waals surface area contributed by atoms with E-state index in [-0.39, 0.29) is 0 Å². The molecule has 0 saturated carbocycles. The Balaban J connectivity index is 1.75. The van der Waals surface area contributed by atoms with Crippen LogP contribution in [-0.2, 0) is 13.1 Å². The molecule has 1 N–H and O–H groups in total. The van der Waals surface area contributed by atoms with Gasteiger partial charge in [0.15, 0.2) is 0 Å². The van der Waals surface area contributed by atoms with Crippen LogP contribution in [0.25, 0.3) is 32.5 Å². The number of pyridine rings is 1. The number of thiophene rings is 1. The second-order valence-electron chi connectivity index (χ2n) is 6.54. The summed E-state index contributed by atoms with van der Waals surface area (Å²) in [5.74, 6) is 0. The van der Waals surface area contributed by atoms with E-state index in [9.17, 15) is 0 Å². The molecule has 0 spiro atoms. The lowest BCUT2D eigenvalue weighted by Crippen LogP contribution is -2.36. The second-order valence-corrected chi connectivity index (χ2v) is 7.49. The van der Waals surface area contributed by atoms with Crippen LogP contribution in [0.4, 0.5) is 0 Å². The van der Waals surface area contributed by atoms with Crippen LogP contribution in [0.2, 0.25) is 0 Å². The van der Waals surface area contributed by atoms with E-state index < -0.39 is 0 Å². The first-order valence-electron chi connectivity index (χ1n) is 8.51. The van der Waals surface area contributed by atoms with Gasteiger partial charge in [0.2, 0.25) is 0 Å². The van der Waals surface area contributed by atoms with Crippen molar-refractivity contribution in [3.05, 3.63) is 59.9 Å². The quantitative estimate of drug-likeness (QED) is 0.588. The van der Waals surface area contributed by atoms with Crippen LogP contribution < -0.4 is 5.32 Å². The molecular weight excluding hydrogens is 328 g/mol. The summed E-state index contributed by atoms with van der Waals surface area (Å²) in [5.41, 5.74) is 5.89. The third kappa shape index (κ3) is 2.47. The Morgan fingerprint density at radius 1 is 1.12 bits per heavy atom. The van der Waals surface area contributed by atoms with Gasteiger partial charge in [0, 0.05) is 40.8 Å². The fourth-order valence-corrected chi connectivity index (χ4v) is 4.38. The van der Waals surface area contributed by atoms with Crippen LogP contribution in [0.3, 0.4) is 0 Å². The van der Waals surface area contributed by atoms with Gasteiger partial charge < -0.3 is 5.32 Å². The van der Waals surface area contributed by atoms with E-state index >= 15 is 0 Å². The number of rotatable bonds is 2. The Morgan fingerprint density at radius 3 is 2.88 bits per heavy atom. The third-order valence-electron chi connectivity index (χ3n) is 4.82. The highest BCUT2D eigenvalue weighted by Crippen LogP contribution is 2.37. The molecule has 5 heteroatoms. The molecule has 0 saturated heterocycles. The molecule has 0 aliphatic carbocycles. The summed E-state index contributed by atoms with van der Waals surface area (Å²) < 4.78 is 3.47. The van der Waals surface area contributed by atoms with Crippen LogP contribution in [0.5, 0.6) is 0 Å². The summed E-state index contributed by atoms with van der Waals surface area (Å²) in [7, 11) is 0. The van der Waals surface area contributed by atoms with Crippen molar-refractivity contribution in [3.63, 3.8) is 0 Å². The monoisotopic (exact) mass is 346 g/mol. The largest absolute Gasteiger partial charge is 0.307 e. The van der Waals surface area contributed by atoms with Crippen LogP contribution in [0.1, 0.15) is 12.6 Å². The van der Waals surface area contributed by atoms with Crippen molar-refractivity contribution in [1.29, 1.82) is 0 Å². The summed E-state index contributed by atoms with van der Waals surface area (Å²) in [6.07, 6.45) is 3.70. The Kier molecular flexibility index (Phi) is 3.43. The van der Waals surface area contributed by atoms with Gasteiger partial charge in [-0.1, -0.05) is 12.1 Å². The van der Waals surface area contributed by atoms with Gasteiger partial charge in [-0.2, -0.15) is 5.10 Å². The van der Waals surface area contributed by atoms with Gasteiger partial charge in [-0.15, -0.1) is 11.3 Å². The van der Waals surface area contributed by atoms with Gasteiger partial charge in [-0.25, -0.2) is 0 Å². The number of nitrogens with one attached hydrogen (secondary N) is 1. The van der Waals surface area contributed by atoms with Crippen molar-refractivity contribution in [2.45, 2.75) is 26.1 Å². The van der Waals surface area contributed by atoms with E-state index in [1.165, 1.54) is 32.5 Å². The Labute approximate surface area is 150 Å². The predicted octanol–water partition coefficient (Wildman–Crippen LogP) is 4.32. The molecule has 1 aliphatic rings. The van der Waals surface area contributed by atoms with Gasteiger partial charge in [0.1, 0.15) is 5.69 Å². The molecule has 124 valence electrons. The molecule has 3 aromatic heterocycles. The average molecular weight is 346 g/mol. The van der Waals surface area contributed by atoms with E-state index in [1.54, 1.807) is 11.3 Å². The maximum atomic E-state index is 5.00. The van der Waals surface area contributed by atoms with E-state index in [0.29, 0.717) is 6.04 Å². The summed E-state index contributed by atoms with van der Waals surface area (Å²) >= 11 is 1.78. The predicted molar refractivity (Wildman–Crippen MR) is 103 cm³/mol. The molecule has 4 aromatic rings. The van der Waals surface area contributed by atoms with Gasteiger partial charge in [-0.3, -0.25) is 9.67 Å². The van der Waals surface area contributed by atoms with Crippen molar-refractivity contribution < 1.29 is 0 Å². The van der Waals surface area contributed by atoms with Crippen LogP contribution in [-0.4, -0.2) is 20.8 Å². The zero-order valence-corrected chi connectivity index (χ0v) is 14.8. The van der Waals surface area contributed by atoms with Gasteiger partial charge in [0.25, 0.3) is 0 Å². The highest BCUT2D eigenvalue weighted by Gasteiger charge is 2.24. The molecule has 1 aromatic carbocycles. The first-order valence-corrected chi connectivity index (χ1v) is 9.38. The summed E-state index contributed by atoms with van der Waals surface area (Å²) in [5, 5.41) is 12.0. The fourth-order valence-electron chi connectivity index (χ4n) is 3.55. The van der Waals surface area contributed by atoms with Crippen molar-refractivity contribution in [1.82, 2.24) is 20.1 Å². The Bertz CT molecular complexity index is 1050. The smallest absolute Gasteiger partial charge is 0.101 e. The highest BCUT2D eigenvalue weighted by atomic mass is 32.1. The normalized spacial score (nSPS) is 16.9. The third-order valence-corrected chi connectivity index (χ3v) is 5.70. The topological polar surface area (TPSA) is 42.7 Å². The molecule has 1 aliphatic heterocycles. The molecule has 0 bridgehead atoms. The van der Waals surface area contributed by atoms with Gasteiger partial charge >= 0.3 is 0 Å². The molecule has 1 atom stereocenters. The number of benzene rings is 1. The highest BCUT2D eigenvalue weighted by molar-refractivity contribution is 7.17.